The molecule has 1 rings (SSSR count). The Balaban J connectivity index is 2.77. The zero-order valence-corrected chi connectivity index (χ0v) is 13.0. The Hall–Kier alpha value is -1.76. The maximum Gasteiger partial charge on any atom is 0.416 e. The van der Waals surface area contributed by atoms with Crippen molar-refractivity contribution in [1.82, 2.24) is 5.32 Å². The molecule has 0 aliphatic carbocycles. The van der Waals surface area contributed by atoms with Crippen molar-refractivity contribution in [3.63, 3.8) is 0 Å². The minimum absolute atomic E-state index is 0.00545. The summed E-state index contributed by atoms with van der Waals surface area (Å²) in [5.41, 5.74) is -1.34. The molecule has 3 N–H and O–H groups in total. The monoisotopic (exact) mass is 318 g/mol. The van der Waals surface area contributed by atoms with Crippen molar-refractivity contribution in [2.45, 2.75) is 39.5 Å². The van der Waals surface area contributed by atoms with E-state index < -0.39 is 23.4 Å². The number of amides is 2. The lowest BCUT2D eigenvalue weighted by molar-refractivity contribution is -0.137. The molecule has 1 atom stereocenters. The molecule has 124 valence electrons. The summed E-state index contributed by atoms with van der Waals surface area (Å²) in [5, 5.41) is 14.9. The second-order valence-corrected chi connectivity index (χ2v) is 5.85. The molecular weight excluding hydrogens is 297 g/mol. The van der Waals surface area contributed by atoms with Crippen LogP contribution in [0.1, 0.15) is 31.9 Å². The van der Waals surface area contributed by atoms with E-state index in [0.29, 0.717) is 5.56 Å². The molecule has 22 heavy (non-hydrogen) atoms. The van der Waals surface area contributed by atoms with Crippen LogP contribution in [0.15, 0.2) is 18.2 Å². The molecular formula is C15H21F3N2O2. The number of halogens is 3. The highest BCUT2D eigenvalue weighted by Crippen LogP contribution is 2.32. The first-order chi connectivity index (χ1) is 9.93. The Labute approximate surface area is 127 Å². The van der Waals surface area contributed by atoms with E-state index in [9.17, 15) is 23.1 Å². The standard InChI is InChI=1S/C15H21F3N2O2/c1-9(2)14(4,22)8-19-13(21)20-12-7-11(15(16,17)18)6-5-10(12)3/h5-7,9,22H,8H2,1-4H3,(H2,19,20,21). The van der Waals surface area contributed by atoms with Crippen LogP contribution in [0.5, 0.6) is 0 Å². The number of urea groups is 1. The third kappa shape index (κ3) is 4.91. The molecule has 0 radical (unpaired) electrons. The van der Waals surface area contributed by atoms with Crippen molar-refractivity contribution >= 4 is 11.7 Å². The summed E-state index contributed by atoms with van der Waals surface area (Å²) in [6.07, 6.45) is -4.47. The summed E-state index contributed by atoms with van der Waals surface area (Å²) in [6, 6.07) is 2.48. The topological polar surface area (TPSA) is 61.4 Å². The lowest BCUT2D eigenvalue weighted by Gasteiger charge is -2.27. The molecule has 0 saturated heterocycles. The van der Waals surface area contributed by atoms with Crippen LogP contribution in [0.3, 0.4) is 0 Å². The van der Waals surface area contributed by atoms with Crippen LogP contribution >= 0.6 is 0 Å². The van der Waals surface area contributed by atoms with E-state index in [1.54, 1.807) is 27.7 Å². The minimum atomic E-state index is -4.47. The number of rotatable bonds is 4. The van der Waals surface area contributed by atoms with E-state index in [0.717, 1.165) is 12.1 Å². The van der Waals surface area contributed by atoms with Crippen molar-refractivity contribution in [3.05, 3.63) is 29.3 Å². The Bertz CT molecular complexity index is 540. The van der Waals surface area contributed by atoms with Gasteiger partial charge in [0, 0.05) is 12.2 Å². The Morgan fingerprint density at radius 2 is 1.91 bits per heavy atom. The van der Waals surface area contributed by atoms with Crippen LogP contribution in [0.25, 0.3) is 0 Å². The maximum atomic E-state index is 12.7. The van der Waals surface area contributed by atoms with E-state index >= 15 is 0 Å². The number of aliphatic hydroxyl groups is 1. The van der Waals surface area contributed by atoms with Crippen molar-refractivity contribution in [1.29, 1.82) is 0 Å². The fraction of sp³-hybridized carbons (Fsp3) is 0.533. The Morgan fingerprint density at radius 1 is 1.32 bits per heavy atom. The second-order valence-electron chi connectivity index (χ2n) is 5.85. The van der Waals surface area contributed by atoms with Gasteiger partial charge >= 0.3 is 12.2 Å². The third-order valence-corrected chi connectivity index (χ3v) is 3.66. The summed E-state index contributed by atoms with van der Waals surface area (Å²) in [5.74, 6) is -0.0805. The predicted molar refractivity (Wildman–Crippen MR) is 78.7 cm³/mol. The number of carbonyl (C=O) groups excluding carboxylic acids is 1. The van der Waals surface area contributed by atoms with Crippen molar-refractivity contribution in [2.75, 3.05) is 11.9 Å². The number of aryl methyl sites for hydroxylation is 1. The SMILES string of the molecule is Cc1ccc(C(F)(F)F)cc1NC(=O)NCC(C)(O)C(C)C. The fourth-order valence-corrected chi connectivity index (χ4v) is 1.56. The van der Waals surface area contributed by atoms with Gasteiger partial charge in [0.25, 0.3) is 0 Å². The number of hydrogen-bond acceptors (Lipinski definition) is 2. The molecule has 2 amide bonds. The first-order valence-corrected chi connectivity index (χ1v) is 6.88. The summed E-state index contributed by atoms with van der Waals surface area (Å²) in [4.78, 5) is 11.8. The highest BCUT2D eigenvalue weighted by atomic mass is 19.4. The van der Waals surface area contributed by atoms with Gasteiger partial charge in [-0.15, -0.1) is 0 Å². The predicted octanol–water partition coefficient (Wildman–Crippen LogP) is 3.54. The first-order valence-electron chi connectivity index (χ1n) is 6.88. The zero-order valence-electron chi connectivity index (χ0n) is 13.0. The molecule has 4 nitrogen and oxygen atoms in total. The van der Waals surface area contributed by atoms with Gasteiger partial charge in [0.15, 0.2) is 0 Å². The summed E-state index contributed by atoms with van der Waals surface area (Å²) >= 11 is 0. The number of hydrogen-bond donors (Lipinski definition) is 3. The van der Waals surface area contributed by atoms with Crippen LogP contribution in [0, 0.1) is 12.8 Å². The molecule has 0 heterocycles. The summed E-state index contributed by atoms with van der Waals surface area (Å²) < 4.78 is 38.0. The van der Waals surface area contributed by atoms with Crippen LogP contribution in [-0.2, 0) is 6.18 Å². The molecule has 0 saturated carbocycles. The quantitative estimate of drug-likeness (QED) is 0.795. The van der Waals surface area contributed by atoms with Gasteiger partial charge in [-0.3, -0.25) is 0 Å². The summed E-state index contributed by atoms with van der Waals surface area (Å²) in [7, 11) is 0. The van der Waals surface area contributed by atoms with Crippen LogP contribution in [0.2, 0.25) is 0 Å². The van der Waals surface area contributed by atoms with Gasteiger partial charge in [0.1, 0.15) is 0 Å². The second kappa shape index (κ2) is 6.56. The van der Waals surface area contributed by atoms with E-state index in [4.69, 9.17) is 0 Å². The van der Waals surface area contributed by atoms with Gasteiger partial charge in [0.2, 0.25) is 0 Å². The molecule has 0 aliphatic rings. The highest BCUT2D eigenvalue weighted by Gasteiger charge is 2.31. The van der Waals surface area contributed by atoms with Gasteiger partial charge in [-0.2, -0.15) is 13.2 Å². The van der Waals surface area contributed by atoms with Gasteiger partial charge in [-0.1, -0.05) is 19.9 Å². The molecule has 1 unspecified atom stereocenters. The molecule has 1 aromatic carbocycles. The van der Waals surface area contributed by atoms with Crippen LogP contribution in [-0.4, -0.2) is 23.3 Å². The smallest absolute Gasteiger partial charge is 0.388 e. The Morgan fingerprint density at radius 3 is 2.41 bits per heavy atom. The molecule has 0 bridgehead atoms. The van der Waals surface area contributed by atoms with Gasteiger partial charge in [-0.25, -0.2) is 4.79 Å². The highest BCUT2D eigenvalue weighted by molar-refractivity contribution is 5.90. The van der Waals surface area contributed by atoms with Gasteiger partial charge in [0.05, 0.1) is 11.2 Å². The van der Waals surface area contributed by atoms with E-state index in [-0.39, 0.29) is 18.2 Å². The normalized spacial score (nSPS) is 14.6. The molecule has 0 fully saturated rings. The number of benzene rings is 1. The maximum absolute atomic E-state index is 12.7. The number of anilines is 1. The minimum Gasteiger partial charge on any atom is -0.388 e. The molecule has 1 aromatic rings. The van der Waals surface area contributed by atoms with Gasteiger partial charge < -0.3 is 15.7 Å². The van der Waals surface area contributed by atoms with Gasteiger partial charge in [-0.05, 0) is 37.5 Å². The largest absolute Gasteiger partial charge is 0.416 e. The van der Waals surface area contributed by atoms with E-state index in [1.807, 2.05) is 0 Å². The van der Waals surface area contributed by atoms with Crippen molar-refractivity contribution < 1.29 is 23.1 Å². The fourth-order valence-electron chi connectivity index (χ4n) is 1.56. The third-order valence-electron chi connectivity index (χ3n) is 3.66. The zero-order chi connectivity index (χ0) is 17.1. The molecule has 0 aromatic heterocycles. The lowest BCUT2D eigenvalue weighted by Crippen LogP contribution is -2.45. The number of alkyl halides is 3. The van der Waals surface area contributed by atoms with Crippen LogP contribution < -0.4 is 10.6 Å². The van der Waals surface area contributed by atoms with Crippen molar-refractivity contribution in [3.8, 4) is 0 Å². The molecule has 0 spiro atoms. The lowest BCUT2D eigenvalue weighted by atomic mass is 9.93. The number of carbonyl (C=O) groups is 1. The average Bonchev–Trinajstić information content (AvgIpc) is 2.37. The molecule has 7 heteroatoms. The van der Waals surface area contributed by atoms with E-state index in [2.05, 4.69) is 10.6 Å². The van der Waals surface area contributed by atoms with Crippen molar-refractivity contribution in [2.24, 2.45) is 5.92 Å². The van der Waals surface area contributed by atoms with E-state index in [1.165, 1.54) is 6.07 Å². The van der Waals surface area contributed by atoms with Crippen LogP contribution in [0.4, 0.5) is 23.7 Å². The average molecular weight is 318 g/mol. The summed E-state index contributed by atoms with van der Waals surface area (Å²) in [6.45, 7) is 6.77. The molecule has 0 aliphatic heterocycles. The first kappa shape index (κ1) is 18.3. The Kier molecular flexibility index (Phi) is 5.45. The number of nitrogens with one attached hydrogen (secondary N) is 2.